The van der Waals surface area contributed by atoms with Crippen molar-refractivity contribution in [2.75, 3.05) is 25.5 Å². The number of aliphatic hydroxyl groups excluding tert-OH is 1. The Morgan fingerprint density at radius 3 is 2.22 bits per heavy atom. The quantitative estimate of drug-likeness (QED) is 0.160. The maximum atomic E-state index is 12.6. The largest absolute Gasteiger partial charge is 0.497 e. The lowest BCUT2D eigenvalue weighted by molar-refractivity contribution is -0.0442. The van der Waals surface area contributed by atoms with E-state index >= 15 is 0 Å². The fourth-order valence-electron chi connectivity index (χ4n) is 7.60. The van der Waals surface area contributed by atoms with Gasteiger partial charge in [-0.25, -0.2) is 4.98 Å². The van der Waals surface area contributed by atoms with E-state index < -0.39 is 6.10 Å². The normalized spacial score (nSPS) is 21.5. The summed E-state index contributed by atoms with van der Waals surface area (Å²) in [6.45, 7) is 6.68. The molecule has 3 aliphatic rings. The molecular formula is C40H41N3O2. The van der Waals surface area contributed by atoms with Crippen LogP contribution in [0.1, 0.15) is 52.8 Å². The van der Waals surface area contributed by atoms with Crippen LogP contribution < -0.4 is 10.1 Å². The molecule has 3 fully saturated rings. The van der Waals surface area contributed by atoms with Crippen LogP contribution in [0.3, 0.4) is 0 Å². The van der Waals surface area contributed by atoms with E-state index in [1.807, 2.05) is 24.3 Å². The Morgan fingerprint density at radius 1 is 0.956 bits per heavy atom. The molecule has 0 radical (unpaired) electrons. The third-order valence-corrected chi connectivity index (χ3v) is 9.93. The van der Waals surface area contributed by atoms with Crippen LogP contribution in [-0.2, 0) is 6.54 Å². The molecule has 5 aromatic rings. The molecule has 4 aromatic carbocycles. The highest BCUT2D eigenvalue weighted by Crippen LogP contribution is 2.47. The summed E-state index contributed by atoms with van der Waals surface area (Å²) in [5.74, 6) is 1.62. The number of aliphatic hydroxyl groups is 1. The standard InChI is InChI=1S/C40H41N3O2/c1-3-28-26-43-22-21-31(28)23-35(43)40(44)37-33-24-32(45-2)19-20-34(33)42-39(38(37)41-25-27-13-7-4-8-14-27)36(29-15-9-5-10-16-29)30-17-11-6-12-18-30/h3-20,24,28,31,35-36,40-41,44H,1,21-23,25-26H2,2H3/t28-,31?,35-,40-/m0/s1. The van der Waals surface area contributed by atoms with Crippen LogP contribution >= 0.6 is 0 Å². The van der Waals surface area contributed by atoms with Gasteiger partial charge in [0.25, 0.3) is 0 Å². The molecule has 2 bridgehead atoms. The molecule has 2 N–H and O–H groups in total. The number of piperidine rings is 3. The molecule has 5 heteroatoms. The first kappa shape index (κ1) is 29.3. The lowest BCUT2D eigenvalue weighted by Gasteiger charge is -2.50. The minimum atomic E-state index is -0.722. The zero-order valence-corrected chi connectivity index (χ0v) is 25.8. The fraction of sp³-hybridized carbons (Fsp3) is 0.275. The number of ether oxygens (including phenoxy) is 1. The molecule has 0 saturated carbocycles. The molecule has 0 amide bonds. The van der Waals surface area contributed by atoms with E-state index in [9.17, 15) is 5.11 Å². The highest BCUT2D eigenvalue weighted by Gasteiger charge is 2.43. The first-order valence-electron chi connectivity index (χ1n) is 16.1. The van der Waals surface area contributed by atoms with Gasteiger partial charge in [0.1, 0.15) is 5.75 Å². The molecule has 0 aliphatic carbocycles. The summed E-state index contributed by atoms with van der Waals surface area (Å²) < 4.78 is 5.71. The average molecular weight is 596 g/mol. The Bertz CT molecular complexity index is 1720. The Morgan fingerprint density at radius 2 is 1.62 bits per heavy atom. The Hall–Kier alpha value is -4.45. The molecule has 5 nitrogen and oxygen atoms in total. The number of anilines is 1. The van der Waals surface area contributed by atoms with Gasteiger partial charge in [0.15, 0.2) is 0 Å². The minimum Gasteiger partial charge on any atom is -0.497 e. The molecule has 0 spiro atoms. The van der Waals surface area contributed by atoms with Gasteiger partial charge in [-0.1, -0.05) is 97.1 Å². The summed E-state index contributed by atoms with van der Waals surface area (Å²) >= 11 is 0. The third-order valence-electron chi connectivity index (χ3n) is 9.93. The molecule has 5 atom stereocenters. The number of aromatic nitrogens is 1. The van der Waals surface area contributed by atoms with E-state index in [1.54, 1.807) is 7.11 Å². The summed E-state index contributed by atoms with van der Waals surface area (Å²) in [6.07, 6.45) is 3.49. The van der Waals surface area contributed by atoms with Crippen molar-refractivity contribution in [2.24, 2.45) is 11.8 Å². The van der Waals surface area contributed by atoms with E-state index in [0.29, 0.717) is 18.4 Å². The highest BCUT2D eigenvalue weighted by molar-refractivity contribution is 5.90. The number of methoxy groups -OCH3 is 1. The second-order valence-corrected chi connectivity index (χ2v) is 12.5. The van der Waals surface area contributed by atoms with E-state index in [4.69, 9.17) is 9.72 Å². The predicted molar refractivity (Wildman–Crippen MR) is 183 cm³/mol. The van der Waals surface area contributed by atoms with Crippen LogP contribution in [0, 0.1) is 11.8 Å². The molecule has 4 heterocycles. The minimum absolute atomic E-state index is 0.00813. The van der Waals surface area contributed by atoms with Crippen LogP contribution in [0.5, 0.6) is 5.75 Å². The van der Waals surface area contributed by atoms with Gasteiger partial charge in [-0.3, -0.25) is 4.90 Å². The lowest BCUT2D eigenvalue weighted by Crippen LogP contribution is -2.55. The Kier molecular flexibility index (Phi) is 8.38. The van der Waals surface area contributed by atoms with Crippen LogP contribution in [0.25, 0.3) is 10.9 Å². The van der Waals surface area contributed by atoms with Crippen molar-refractivity contribution in [3.8, 4) is 5.75 Å². The van der Waals surface area contributed by atoms with Gasteiger partial charge in [-0.15, -0.1) is 6.58 Å². The number of rotatable bonds is 10. The zero-order valence-electron chi connectivity index (χ0n) is 25.8. The molecule has 1 aromatic heterocycles. The summed E-state index contributed by atoms with van der Waals surface area (Å²) in [5, 5.41) is 17.4. The molecule has 8 rings (SSSR count). The molecular weight excluding hydrogens is 554 g/mol. The second-order valence-electron chi connectivity index (χ2n) is 12.5. The van der Waals surface area contributed by atoms with Crippen molar-refractivity contribution in [1.82, 2.24) is 9.88 Å². The van der Waals surface area contributed by atoms with Crippen LogP contribution in [-0.4, -0.2) is 41.2 Å². The summed E-state index contributed by atoms with van der Waals surface area (Å²) in [7, 11) is 1.69. The molecule has 228 valence electrons. The van der Waals surface area contributed by atoms with Gasteiger partial charge in [0.2, 0.25) is 0 Å². The number of hydrogen-bond donors (Lipinski definition) is 2. The van der Waals surface area contributed by atoms with E-state index in [2.05, 4.69) is 108 Å². The monoisotopic (exact) mass is 595 g/mol. The van der Waals surface area contributed by atoms with Gasteiger partial charge >= 0.3 is 0 Å². The summed E-state index contributed by atoms with van der Waals surface area (Å²) in [6, 6.07) is 37.7. The van der Waals surface area contributed by atoms with Crippen molar-refractivity contribution in [3.63, 3.8) is 0 Å². The maximum absolute atomic E-state index is 12.6. The van der Waals surface area contributed by atoms with Crippen molar-refractivity contribution in [1.29, 1.82) is 0 Å². The second kappa shape index (κ2) is 12.9. The molecule has 3 saturated heterocycles. The number of benzene rings is 4. The zero-order chi connectivity index (χ0) is 30.8. The molecule has 3 aliphatic heterocycles. The fourth-order valence-corrected chi connectivity index (χ4v) is 7.60. The number of nitrogens with zero attached hydrogens (tertiary/aromatic N) is 2. The number of nitrogens with one attached hydrogen (secondary N) is 1. The van der Waals surface area contributed by atoms with Crippen LogP contribution in [0.15, 0.2) is 122 Å². The lowest BCUT2D eigenvalue weighted by atomic mass is 9.73. The smallest absolute Gasteiger partial charge is 0.119 e. The van der Waals surface area contributed by atoms with E-state index in [1.165, 1.54) is 5.56 Å². The van der Waals surface area contributed by atoms with Crippen molar-refractivity contribution < 1.29 is 9.84 Å². The SMILES string of the molecule is C=C[C@H]1CN2CCC1C[C@H]2[C@H](O)c1c(NCc2ccccc2)c(C(c2ccccc2)c2ccccc2)nc2ccc(OC)cc12. The number of hydrogen-bond acceptors (Lipinski definition) is 5. The Labute approximate surface area is 266 Å². The number of pyridine rings is 1. The van der Waals surface area contributed by atoms with Crippen molar-refractivity contribution in [3.05, 3.63) is 150 Å². The van der Waals surface area contributed by atoms with Crippen LogP contribution in [0.2, 0.25) is 0 Å². The van der Waals surface area contributed by atoms with Gasteiger partial charge in [-0.05, 0) is 66.1 Å². The molecule has 2 unspecified atom stereocenters. The Balaban J connectivity index is 1.46. The van der Waals surface area contributed by atoms with E-state index in [0.717, 1.165) is 70.7 Å². The number of fused-ring (bicyclic) bond motifs is 4. The first-order chi connectivity index (χ1) is 22.1. The van der Waals surface area contributed by atoms with Gasteiger partial charge in [0, 0.05) is 30.1 Å². The summed E-state index contributed by atoms with van der Waals surface area (Å²) in [4.78, 5) is 7.90. The molecule has 45 heavy (non-hydrogen) atoms. The van der Waals surface area contributed by atoms with Gasteiger partial charge in [0.05, 0.1) is 36.0 Å². The van der Waals surface area contributed by atoms with Crippen LogP contribution in [0.4, 0.5) is 5.69 Å². The van der Waals surface area contributed by atoms with Gasteiger partial charge in [-0.2, -0.15) is 0 Å². The topological polar surface area (TPSA) is 57.6 Å². The average Bonchev–Trinajstić information content (AvgIpc) is 3.11. The maximum Gasteiger partial charge on any atom is 0.119 e. The first-order valence-corrected chi connectivity index (χ1v) is 16.1. The predicted octanol–water partition coefficient (Wildman–Crippen LogP) is 7.97. The highest BCUT2D eigenvalue weighted by atomic mass is 16.5. The van der Waals surface area contributed by atoms with Crippen molar-refractivity contribution >= 4 is 16.6 Å². The van der Waals surface area contributed by atoms with E-state index in [-0.39, 0.29) is 12.0 Å². The summed E-state index contributed by atoms with van der Waals surface area (Å²) in [5.41, 5.74) is 7.03. The van der Waals surface area contributed by atoms with Crippen molar-refractivity contribution in [2.45, 2.75) is 37.5 Å². The van der Waals surface area contributed by atoms with Gasteiger partial charge < -0.3 is 15.2 Å². The third kappa shape index (κ3) is 5.74.